The molecule has 2 heterocycles. The zero-order chi connectivity index (χ0) is 19.7. The van der Waals surface area contributed by atoms with Crippen LogP contribution in [0.5, 0.6) is 5.75 Å². The molecule has 1 fully saturated rings. The average Bonchev–Trinajstić information content (AvgIpc) is 3.12. The number of benzene rings is 2. The molecule has 1 amide bonds. The number of halogens is 1. The Morgan fingerprint density at radius 2 is 1.86 bits per heavy atom. The van der Waals surface area contributed by atoms with E-state index < -0.39 is 5.60 Å². The van der Waals surface area contributed by atoms with Gasteiger partial charge in [-0.05, 0) is 42.7 Å². The van der Waals surface area contributed by atoms with Gasteiger partial charge < -0.3 is 19.3 Å². The quantitative estimate of drug-likeness (QED) is 0.727. The summed E-state index contributed by atoms with van der Waals surface area (Å²) < 4.78 is 7.38. The topological polar surface area (TPSA) is 54.7 Å². The van der Waals surface area contributed by atoms with E-state index in [1.807, 2.05) is 52.1 Å². The number of carbonyl (C=O) groups is 1. The first-order valence-corrected chi connectivity index (χ1v) is 9.76. The van der Waals surface area contributed by atoms with Gasteiger partial charge in [-0.25, -0.2) is 0 Å². The third-order valence-corrected chi connectivity index (χ3v) is 5.85. The predicted octanol–water partition coefficient (Wildman–Crippen LogP) is 3.81. The van der Waals surface area contributed by atoms with Crippen molar-refractivity contribution in [2.24, 2.45) is 0 Å². The number of nitrogens with zero attached hydrogens (tertiary/aromatic N) is 2. The maximum Gasteiger partial charge on any atom is 0.242 e. The number of rotatable bonds is 4. The molecule has 0 bridgehead atoms. The minimum Gasteiger partial charge on any atom is -0.495 e. The second-order valence-electron chi connectivity index (χ2n) is 7.26. The van der Waals surface area contributed by atoms with E-state index in [4.69, 9.17) is 16.3 Å². The highest BCUT2D eigenvalue weighted by atomic mass is 35.5. The fourth-order valence-corrected chi connectivity index (χ4v) is 4.07. The third kappa shape index (κ3) is 3.48. The molecule has 1 aliphatic heterocycles. The Hall–Kier alpha value is -2.50. The Kier molecular flexibility index (Phi) is 5.04. The van der Waals surface area contributed by atoms with Crippen LogP contribution in [0.15, 0.2) is 54.7 Å². The largest absolute Gasteiger partial charge is 0.495 e. The van der Waals surface area contributed by atoms with Crippen molar-refractivity contribution < 1.29 is 14.6 Å². The van der Waals surface area contributed by atoms with Crippen LogP contribution < -0.4 is 4.74 Å². The molecule has 1 N–H and O–H groups in total. The molecule has 6 heteroatoms. The molecule has 1 aliphatic rings. The molecular formula is C22H23ClN2O3. The first kappa shape index (κ1) is 18.8. The van der Waals surface area contributed by atoms with Gasteiger partial charge in [-0.1, -0.05) is 35.9 Å². The van der Waals surface area contributed by atoms with Crippen LogP contribution in [-0.4, -0.2) is 40.7 Å². The number of aromatic nitrogens is 1. The smallest absolute Gasteiger partial charge is 0.242 e. The Bertz CT molecular complexity index is 989. The lowest BCUT2D eigenvalue weighted by molar-refractivity contribution is -0.136. The van der Waals surface area contributed by atoms with E-state index in [0.29, 0.717) is 31.0 Å². The summed E-state index contributed by atoms with van der Waals surface area (Å²) in [4.78, 5) is 14.7. The lowest BCUT2D eigenvalue weighted by atomic mass is 9.84. The number of ether oxygens (including phenoxy) is 1. The van der Waals surface area contributed by atoms with Gasteiger partial charge in [-0.15, -0.1) is 0 Å². The molecule has 28 heavy (non-hydrogen) atoms. The van der Waals surface area contributed by atoms with Crippen LogP contribution in [0.4, 0.5) is 0 Å². The number of piperidine rings is 1. The summed E-state index contributed by atoms with van der Waals surface area (Å²) in [6.45, 7) is 1.30. The van der Waals surface area contributed by atoms with Crippen molar-refractivity contribution in [3.63, 3.8) is 0 Å². The average molecular weight is 399 g/mol. The molecule has 1 saturated heterocycles. The van der Waals surface area contributed by atoms with Gasteiger partial charge in [0.2, 0.25) is 5.91 Å². The molecule has 4 rings (SSSR count). The maximum atomic E-state index is 12.9. The van der Waals surface area contributed by atoms with Gasteiger partial charge in [0.25, 0.3) is 0 Å². The summed E-state index contributed by atoms with van der Waals surface area (Å²) in [6.07, 6.45) is 2.94. The van der Waals surface area contributed by atoms with Crippen molar-refractivity contribution in [2.75, 3.05) is 20.2 Å². The van der Waals surface area contributed by atoms with E-state index in [1.165, 1.54) is 0 Å². The molecule has 0 spiro atoms. The highest BCUT2D eigenvalue weighted by Gasteiger charge is 2.35. The SMILES string of the molecule is COc1cccc2ccn(CC(=O)N3CCC(O)(c4ccc(Cl)cc4)CC3)c12. The van der Waals surface area contributed by atoms with Crippen LogP contribution in [0.3, 0.4) is 0 Å². The predicted molar refractivity (Wildman–Crippen MR) is 110 cm³/mol. The Morgan fingerprint density at radius 3 is 2.54 bits per heavy atom. The molecule has 0 atom stereocenters. The van der Waals surface area contributed by atoms with Gasteiger partial charge >= 0.3 is 0 Å². The molecule has 0 radical (unpaired) electrons. The zero-order valence-electron chi connectivity index (χ0n) is 15.8. The number of fused-ring (bicyclic) bond motifs is 1. The summed E-state index contributed by atoms with van der Waals surface area (Å²) in [6, 6.07) is 15.1. The van der Waals surface area contributed by atoms with Gasteiger partial charge in [0.15, 0.2) is 0 Å². The van der Waals surface area contributed by atoms with Crippen LogP contribution in [0.25, 0.3) is 10.9 Å². The minimum atomic E-state index is -0.912. The number of aliphatic hydroxyl groups is 1. The van der Waals surface area contributed by atoms with Gasteiger partial charge in [0.1, 0.15) is 12.3 Å². The first-order chi connectivity index (χ1) is 13.5. The highest BCUT2D eigenvalue weighted by Crippen LogP contribution is 2.33. The number of carbonyl (C=O) groups excluding carboxylic acids is 1. The van der Waals surface area contributed by atoms with Crippen molar-refractivity contribution in [3.05, 3.63) is 65.3 Å². The van der Waals surface area contributed by atoms with Crippen molar-refractivity contribution in [2.45, 2.75) is 25.0 Å². The van der Waals surface area contributed by atoms with E-state index in [-0.39, 0.29) is 12.5 Å². The second kappa shape index (κ2) is 7.49. The number of hydrogen-bond donors (Lipinski definition) is 1. The normalized spacial score (nSPS) is 16.3. The second-order valence-corrected chi connectivity index (χ2v) is 7.70. The summed E-state index contributed by atoms with van der Waals surface area (Å²) in [5.74, 6) is 0.799. The highest BCUT2D eigenvalue weighted by molar-refractivity contribution is 6.30. The molecule has 0 aliphatic carbocycles. The van der Waals surface area contributed by atoms with Crippen molar-refractivity contribution in [3.8, 4) is 5.75 Å². The number of methoxy groups -OCH3 is 1. The van der Waals surface area contributed by atoms with E-state index in [2.05, 4.69) is 0 Å². The van der Waals surface area contributed by atoms with Gasteiger partial charge in [0, 0.05) is 29.7 Å². The molecule has 3 aromatic rings. The number of likely N-dealkylation sites (tertiary alicyclic amines) is 1. The van der Waals surface area contributed by atoms with Crippen LogP contribution in [0, 0.1) is 0 Å². The maximum absolute atomic E-state index is 12.9. The summed E-state index contributed by atoms with van der Waals surface area (Å²) in [5.41, 5.74) is 0.864. The van der Waals surface area contributed by atoms with Crippen molar-refractivity contribution in [1.29, 1.82) is 0 Å². The van der Waals surface area contributed by atoms with E-state index in [1.54, 1.807) is 19.2 Å². The van der Waals surface area contributed by atoms with Crippen LogP contribution in [0.2, 0.25) is 5.02 Å². The third-order valence-electron chi connectivity index (χ3n) is 5.60. The monoisotopic (exact) mass is 398 g/mol. The molecule has 0 unspecified atom stereocenters. The van der Waals surface area contributed by atoms with Gasteiger partial charge in [0.05, 0.1) is 18.2 Å². The Labute approximate surface area is 169 Å². The fraction of sp³-hybridized carbons (Fsp3) is 0.318. The number of para-hydroxylation sites is 1. The number of hydrogen-bond acceptors (Lipinski definition) is 3. The van der Waals surface area contributed by atoms with Gasteiger partial charge in [-0.2, -0.15) is 0 Å². The molecule has 2 aromatic carbocycles. The lowest BCUT2D eigenvalue weighted by Crippen LogP contribution is -2.46. The molecule has 5 nitrogen and oxygen atoms in total. The Balaban J connectivity index is 1.46. The number of amides is 1. The first-order valence-electron chi connectivity index (χ1n) is 9.38. The fourth-order valence-electron chi connectivity index (χ4n) is 3.94. The minimum absolute atomic E-state index is 0.0431. The van der Waals surface area contributed by atoms with Crippen LogP contribution in [0.1, 0.15) is 18.4 Å². The van der Waals surface area contributed by atoms with Crippen LogP contribution in [-0.2, 0) is 16.9 Å². The lowest BCUT2D eigenvalue weighted by Gasteiger charge is -2.38. The summed E-state index contributed by atoms with van der Waals surface area (Å²) in [7, 11) is 1.64. The molecule has 0 saturated carbocycles. The van der Waals surface area contributed by atoms with Crippen molar-refractivity contribution >= 4 is 28.4 Å². The van der Waals surface area contributed by atoms with E-state index in [0.717, 1.165) is 22.2 Å². The molecule has 1 aromatic heterocycles. The Morgan fingerprint density at radius 1 is 1.14 bits per heavy atom. The van der Waals surface area contributed by atoms with E-state index >= 15 is 0 Å². The van der Waals surface area contributed by atoms with Crippen LogP contribution >= 0.6 is 11.6 Å². The summed E-state index contributed by atoms with van der Waals surface area (Å²) in [5, 5.41) is 12.7. The van der Waals surface area contributed by atoms with E-state index in [9.17, 15) is 9.90 Å². The standard InChI is InChI=1S/C22H23ClN2O3/c1-28-19-4-2-3-16-9-12-25(21(16)19)15-20(26)24-13-10-22(27,11-14-24)17-5-7-18(23)8-6-17/h2-9,12,27H,10-11,13-15H2,1H3. The zero-order valence-corrected chi connectivity index (χ0v) is 16.5. The van der Waals surface area contributed by atoms with Crippen molar-refractivity contribution in [1.82, 2.24) is 9.47 Å². The summed E-state index contributed by atoms with van der Waals surface area (Å²) >= 11 is 5.95. The molecule has 146 valence electrons. The molecular weight excluding hydrogens is 376 g/mol. The van der Waals surface area contributed by atoms with Gasteiger partial charge in [-0.3, -0.25) is 4.79 Å².